The van der Waals surface area contributed by atoms with E-state index in [4.69, 9.17) is 0 Å². The molecule has 38 heavy (non-hydrogen) atoms. The Morgan fingerprint density at radius 1 is 0.579 bits per heavy atom. The van der Waals surface area contributed by atoms with Gasteiger partial charge in [-0.3, -0.25) is 0 Å². The van der Waals surface area contributed by atoms with Gasteiger partial charge in [-0.25, -0.2) is 0 Å². The maximum absolute atomic E-state index is 15.5. The third-order valence-electron chi connectivity index (χ3n) is 6.53. The number of fused-ring (bicyclic) bond motifs is 7. The molecular weight excluding hydrogens is 662 g/mol. The molecule has 184 valence electrons. The van der Waals surface area contributed by atoms with Crippen molar-refractivity contribution in [2.45, 2.75) is 0 Å². The van der Waals surface area contributed by atoms with Gasteiger partial charge >= 0.3 is 233 Å². The van der Waals surface area contributed by atoms with E-state index in [0.29, 0.717) is 19.6 Å². The minimum atomic E-state index is -0.522. The van der Waals surface area contributed by atoms with Crippen LogP contribution in [0.5, 0.6) is 0 Å². The van der Waals surface area contributed by atoms with Crippen LogP contribution in [0.4, 0.5) is 17.6 Å². The zero-order chi connectivity index (χ0) is 25.7. The molecule has 0 saturated heterocycles. The molecule has 2 aromatic carbocycles. The molecule has 0 amide bonds. The van der Waals surface area contributed by atoms with Gasteiger partial charge in [0.25, 0.3) is 0 Å². The number of halogens is 4. The molecule has 0 saturated carbocycles. The topological polar surface area (TPSA) is 25.8 Å². The summed E-state index contributed by atoms with van der Waals surface area (Å²) in [6.45, 7) is 0. The van der Waals surface area contributed by atoms with Crippen LogP contribution in [0.1, 0.15) is 0 Å². The van der Waals surface area contributed by atoms with E-state index in [-0.39, 0.29) is 11.4 Å². The van der Waals surface area contributed by atoms with Gasteiger partial charge in [-0.2, -0.15) is 0 Å². The summed E-state index contributed by atoms with van der Waals surface area (Å²) >= 11 is 2.38. The van der Waals surface area contributed by atoms with Crippen molar-refractivity contribution in [3.63, 3.8) is 0 Å². The van der Waals surface area contributed by atoms with E-state index >= 15 is 8.78 Å². The average Bonchev–Trinajstić information content (AvgIpc) is 3.63. The number of hydrogen-bond acceptors (Lipinski definition) is 4. The van der Waals surface area contributed by atoms with Crippen molar-refractivity contribution in [3.05, 3.63) is 84.2 Å². The first-order valence-corrected chi connectivity index (χ1v) is 16.4. The summed E-state index contributed by atoms with van der Waals surface area (Å²) in [5.74, 6) is -1.87. The predicted molar refractivity (Wildman–Crippen MR) is 150 cm³/mol. The Hall–Kier alpha value is -2.84. The molecular formula is C28H10F4N2S2Se2. The normalized spacial score (nSPS) is 12.2. The van der Waals surface area contributed by atoms with E-state index in [0.717, 1.165) is 38.1 Å². The van der Waals surface area contributed by atoms with Crippen molar-refractivity contribution in [1.82, 2.24) is 9.97 Å². The number of hydrogen-bond donors (Lipinski definition) is 0. The second kappa shape index (κ2) is 8.33. The minimum absolute atomic E-state index is 0.0768. The number of benzene rings is 2. The van der Waals surface area contributed by atoms with Crippen LogP contribution >= 0.6 is 22.7 Å². The van der Waals surface area contributed by atoms with E-state index < -0.39 is 52.3 Å². The van der Waals surface area contributed by atoms with Gasteiger partial charge in [-0.15, -0.1) is 0 Å². The fourth-order valence-corrected chi connectivity index (χ4v) is 12.4. The predicted octanol–water partition coefficient (Wildman–Crippen LogP) is 8.37. The Labute approximate surface area is 231 Å². The molecule has 10 heteroatoms. The number of aromatic nitrogens is 2. The van der Waals surface area contributed by atoms with Gasteiger partial charge in [0, 0.05) is 0 Å². The monoisotopic (exact) mass is 674 g/mol. The first kappa shape index (κ1) is 23.1. The van der Waals surface area contributed by atoms with Gasteiger partial charge in [0.15, 0.2) is 0 Å². The number of thiophene rings is 2. The van der Waals surface area contributed by atoms with Crippen molar-refractivity contribution >= 4 is 101 Å². The van der Waals surface area contributed by atoms with Gasteiger partial charge in [0.2, 0.25) is 0 Å². The fourth-order valence-electron chi connectivity index (χ4n) is 4.79. The van der Waals surface area contributed by atoms with Crippen molar-refractivity contribution in [2.75, 3.05) is 0 Å². The third kappa shape index (κ3) is 3.22. The van der Waals surface area contributed by atoms with Crippen molar-refractivity contribution < 1.29 is 17.6 Å². The van der Waals surface area contributed by atoms with E-state index in [1.165, 1.54) is 36.7 Å². The van der Waals surface area contributed by atoms with Gasteiger partial charge in [0.1, 0.15) is 0 Å². The molecule has 8 aromatic rings. The molecule has 0 aliphatic heterocycles. The molecule has 0 radical (unpaired) electrons. The molecule has 0 atom stereocenters. The summed E-state index contributed by atoms with van der Waals surface area (Å²) in [5, 5.41) is 2.88. The van der Waals surface area contributed by atoms with Gasteiger partial charge in [-0.05, 0) is 0 Å². The van der Waals surface area contributed by atoms with Crippen LogP contribution < -0.4 is 0 Å². The molecule has 0 aliphatic rings. The van der Waals surface area contributed by atoms with E-state index in [9.17, 15) is 8.78 Å². The van der Waals surface area contributed by atoms with Gasteiger partial charge in [0.05, 0.1) is 0 Å². The molecule has 0 N–H and O–H groups in total. The molecule has 0 spiro atoms. The first-order chi connectivity index (χ1) is 18.5. The Balaban J connectivity index is 1.34. The molecule has 0 unspecified atom stereocenters. The summed E-state index contributed by atoms with van der Waals surface area (Å²) in [6, 6.07) is 13.3. The third-order valence-corrected chi connectivity index (χ3v) is 13.8. The van der Waals surface area contributed by atoms with E-state index in [1.54, 1.807) is 22.7 Å². The zero-order valence-electron chi connectivity index (χ0n) is 18.8. The zero-order valence-corrected chi connectivity index (χ0v) is 23.9. The summed E-state index contributed by atoms with van der Waals surface area (Å²) in [6.07, 6.45) is 2.95. The van der Waals surface area contributed by atoms with Crippen LogP contribution in [0.25, 0.3) is 69.1 Å². The Bertz CT molecular complexity index is 2100. The van der Waals surface area contributed by atoms with E-state index in [1.807, 2.05) is 24.3 Å². The van der Waals surface area contributed by atoms with Crippen molar-refractivity contribution in [1.29, 1.82) is 0 Å². The number of rotatable bonds is 2. The van der Waals surface area contributed by atoms with Crippen LogP contribution in [0.2, 0.25) is 0 Å². The quantitative estimate of drug-likeness (QED) is 0.136. The van der Waals surface area contributed by atoms with Crippen LogP contribution in [-0.4, -0.2) is 39.0 Å². The molecule has 6 aromatic heterocycles. The maximum atomic E-state index is 15.5. The molecule has 8 rings (SSSR count). The van der Waals surface area contributed by atoms with Crippen LogP contribution in [0.15, 0.2) is 60.9 Å². The summed E-state index contributed by atoms with van der Waals surface area (Å²) < 4.78 is 66.2. The summed E-state index contributed by atoms with van der Waals surface area (Å²) in [7, 11) is 0. The van der Waals surface area contributed by atoms with Crippen LogP contribution in [0.3, 0.4) is 0 Å². The number of nitrogens with zero attached hydrogens (tertiary/aromatic N) is 2. The standard InChI is InChI=1S/C28H10F4N2S2Se2/c29-15-3-1-5-33-23(15)27-21(31)13-7-11-17(9-19(13)37-27)35-26-12-8-14-20(10-18(12)36-25(11)26)38-28(22(14)32)24-16(30)4-2-6-34-24/h1-10H. The second-order valence-electron chi connectivity index (χ2n) is 8.71. The summed E-state index contributed by atoms with van der Waals surface area (Å²) in [5.41, 5.74) is 0.154. The van der Waals surface area contributed by atoms with Crippen LogP contribution in [0, 0.1) is 23.3 Å². The van der Waals surface area contributed by atoms with E-state index in [2.05, 4.69) is 9.97 Å². The van der Waals surface area contributed by atoms with Gasteiger partial charge in [-0.1, -0.05) is 0 Å². The molecule has 2 nitrogen and oxygen atoms in total. The Morgan fingerprint density at radius 2 is 1.03 bits per heavy atom. The molecule has 0 aliphatic carbocycles. The van der Waals surface area contributed by atoms with Gasteiger partial charge < -0.3 is 0 Å². The van der Waals surface area contributed by atoms with Crippen molar-refractivity contribution in [2.24, 2.45) is 0 Å². The Morgan fingerprint density at radius 3 is 1.45 bits per heavy atom. The second-order valence-corrected chi connectivity index (χ2v) is 15.2. The fraction of sp³-hybridized carbons (Fsp3) is 0. The summed E-state index contributed by atoms with van der Waals surface area (Å²) in [4.78, 5) is 8.17. The number of pyridine rings is 2. The molecule has 6 heterocycles. The first-order valence-electron chi connectivity index (χ1n) is 11.3. The van der Waals surface area contributed by atoms with Crippen LogP contribution in [-0.2, 0) is 0 Å². The average molecular weight is 672 g/mol. The SMILES string of the molecule is Fc1cccnc1-c1[se]c2cc3sc4c5cc6c(F)c(-c7ncccc7F)[se]c6cc5sc4c3cc2c1F. The molecule has 0 bridgehead atoms. The molecule has 0 fully saturated rings. The van der Waals surface area contributed by atoms with Crippen molar-refractivity contribution in [3.8, 4) is 20.3 Å². The Kier molecular flexibility index (Phi) is 5.06.